The number of rotatable bonds is 7. The third-order valence-electron chi connectivity index (χ3n) is 4.75. The summed E-state index contributed by atoms with van der Waals surface area (Å²) in [6.07, 6.45) is 0. The Hall–Kier alpha value is -3.06. The number of carbonyl (C=O) groups is 1. The fourth-order valence-corrected chi connectivity index (χ4v) is 3.42. The smallest absolute Gasteiger partial charge is 0.274 e. The lowest BCUT2D eigenvalue weighted by Gasteiger charge is -2.22. The minimum atomic E-state index is -0.249. The van der Waals surface area contributed by atoms with Crippen LogP contribution in [-0.2, 0) is 6.54 Å². The highest BCUT2D eigenvalue weighted by Crippen LogP contribution is 2.28. The minimum absolute atomic E-state index is 0.198. The molecule has 0 unspecified atom stereocenters. The molecule has 1 aromatic carbocycles. The molecule has 3 aromatic rings. The first-order valence-electron chi connectivity index (χ1n) is 9.58. The highest BCUT2D eigenvalue weighted by molar-refractivity contribution is 6.33. The standard InChI is InChI=1S/C22H25ClN4O3/c1-6-26(13-16-7-9-18(29-4)19(12-16)30-5)22(28)21-17(23)8-10-20(24-21)27-15(3)11-14(2)25-27/h7-12H,6,13H2,1-5H3. The SMILES string of the molecule is CCN(Cc1ccc(OC)c(OC)c1)C(=O)c1nc(-n2nc(C)cc2C)ccc1Cl. The lowest BCUT2D eigenvalue weighted by molar-refractivity contribution is 0.0746. The average molecular weight is 429 g/mol. The van der Waals surface area contributed by atoms with Crippen LogP contribution in [0.3, 0.4) is 0 Å². The molecule has 7 nitrogen and oxygen atoms in total. The number of aryl methyl sites for hydroxylation is 2. The van der Waals surface area contributed by atoms with Crippen LogP contribution in [0, 0.1) is 13.8 Å². The van der Waals surface area contributed by atoms with Crippen molar-refractivity contribution >= 4 is 17.5 Å². The van der Waals surface area contributed by atoms with Gasteiger partial charge >= 0.3 is 0 Å². The largest absolute Gasteiger partial charge is 0.493 e. The Kier molecular flexibility index (Phi) is 6.62. The monoisotopic (exact) mass is 428 g/mol. The lowest BCUT2D eigenvalue weighted by atomic mass is 10.1. The zero-order chi connectivity index (χ0) is 21.8. The van der Waals surface area contributed by atoms with Crippen LogP contribution in [-0.4, -0.2) is 46.3 Å². The van der Waals surface area contributed by atoms with Gasteiger partial charge in [0.2, 0.25) is 0 Å². The Morgan fingerprint density at radius 1 is 1.10 bits per heavy atom. The Morgan fingerprint density at radius 3 is 2.43 bits per heavy atom. The van der Waals surface area contributed by atoms with Crippen molar-refractivity contribution in [3.8, 4) is 17.3 Å². The van der Waals surface area contributed by atoms with Gasteiger partial charge in [-0.15, -0.1) is 0 Å². The number of pyridine rings is 1. The number of hydrogen-bond acceptors (Lipinski definition) is 5. The average Bonchev–Trinajstić information content (AvgIpc) is 3.09. The number of methoxy groups -OCH3 is 2. The van der Waals surface area contributed by atoms with Crippen LogP contribution in [0.15, 0.2) is 36.4 Å². The molecule has 0 bridgehead atoms. The fraction of sp³-hybridized carbons (Fsp3) is 0.318. The molecule has 0 saturated heterocycles. The van der Waals surface area contributed by atoms with Crippen molar-refractivity contribution in [3.63, 3.8) is 0 Å². The Labute approximate surface area is 181 Å². The van der Waals surface area contributed by atoms with Gasteiger partial charge in [-0.1, -0.05) is 17.7 Å². The molecule has 0 saturated carbocycles. The highest BCUT2D eigenvalue weighted by Gasteiger charge is 2.21. The molecular formula is C22H25ClN4O3. The predicted octanol–water partition coefficient (Wildman–Crippen LogP) is 4.22. The van der Waals surface area contributed by atoms with E-state index < -0.39 is 0 Å². The summed E-state index contributed by atoms with van der Waals surface area (Å²) in [7, 11) is 3.17. The van der Waals surface area contributed by atoms with Gasteiger partial charge in [0.25, 0.3) is 5.91 Å². The van der Waals surface area contributed by atoms with Gasteiger partial charge < -0.3 is 14.4 Å². The minimum Gasteiger partial charge on any atom is -0.493 e. The lowest BCUT2D eigenvalue weighted by Crippen LogP contribution is -2.31. The van der Waals surface area contributed by atoms with E-state index in [9.17, 15) is 4.79 Å². The summed E-state index contributed by atoms with van der Waals surface area (Å²) < 4.78 is 12.3. The number of halogens is 1. The van der Waals surface area contributed by atoms with Crippen LogP contribution in [0.25, 0.3) is 5.82 Å². The quantitative estimate of drug-likeness (QED) is 0.563. The maximum atomic E-state index is 13.2. The highest BCUT2D eigenvalue weighted by atomic mass is 35.5. The van der Waals surface area contributed by atoms with Gasteiger partial charge in [-0.2, -0.15) is 5.10 Å². The van der Waals surface area contributed by atoms with Crippen LogP contribution in [0.5, 0.6) is 11.5 Å². The van der Waals surface area contributed by atoms with Gasteiger partial charge in [-0.05, 0) is 56.7 Å². The van der Waals surface area contributed by atoms with Gasteiger partial charge in [0.15, 0.2) is 17.3 Å². The molecule has 3 rings (SSSR count). The first-order chi connectivity index (χ1) is 14.4. The first-order valence-corrected chi connectivity index (χ1v) is 9.96. The van der Waals surface area contributed by atoms with Crippen LogP contribution in [0.4, 0.5) is 0 Å². The summed E-state index contributed by atoms with van der Waals surface area (Å²) in [6, 6.07) is 11.0. The third-order valence-corrected chi connectivity index (χ3v) is 5.06. The van der Waals surface area contributed by atoms with Crippen LogP contribution < -0.4 is 9.47 Å². The number of hydrogen-bond donors (Lipinski definition) is 0. The molecule has 0 N–H and O–H groups in total. The van der Waals surface area contributed by atoms with Gasteiger partial charge in [-0.25, -0.2) is 9.67 Å². The second kappa shape index (κ2) is 9.17. The molecule has 0 atom stereocenters. The second-order valence-corrected chi connectivity index (χ2v) is 7.25. The van der Waals surface area contributed by atoms with E-state index in [2.05, 4.69) is 10.1 Å². The summed E-state index contributed by atoms with van der Waals surface area (Å²) in [5.74, 6) is 1.55. The van der Waals surface area contributed by atoms with E-state index in [1.807, 2.05) is 45.0 Å². The molecule has 1 amide bonds. The maximum Gasteiger partial charge on any atom is 0.274 e. The number of aromatic nitrogens is 3. The Balaban J connectivity index is 1.90. The first kappa shape index (κ1) is 21.6. The van der Waals surface area contributed by atoms with Gasteiger partial charge in [0.05, 0.1) is 24.9 Å². The zero-order valence-corrected chi connectivity index (χ0v) is 18.5. The molecule has 2 aromatic heterocycles. The second-order valence-electron chi connectivity index (χ2n) is 6.85. The van der Waals surface area contributed by atoms with Crippen molar-refractivity contribution < 1.29 is 14.3 Å². The molecule has 8 heteroatoms. The van der Waals surface area contributed by atoms with E-state index in [1.165, 1.54) is 0 Å². The molecule has 158 valence electrons. The molecule has 0 aliphatic heterocycles. The maximum absolute atomic E-state index is 13.2. The summed E-state index contributed by atoms with van der Waals surface area (Å²) in [5, 5.41) is 4.74. The normalized spacial score (nSPS) is 10.7. The summed E-state index contributed by atoms with van der Waals surface area (Å²) in [5.41, 5.74) is 2.91. The van der Waals surface area contributed by atoms with Crippen molar-refractivity contribution in [2.45, 2.75) is 27.3 Å². The number of nitrogens with zero attached hydrogens (tertiary/aromatic N) is 4. The van der Waals surface area contributed by atoms with Crippen molar-refractivity contribution in [2.75, 3.05) is 20.8 Å². The van der Waals surface area contributed by atoms with Gasteiger partial charge in [0.1, 0.15) is 5.69 Å². The van der Waals surface area contributed by atoms with E-state index in [-0.39, 0.29) is 11.6 Å². The van der Waals surface area contributed by atoms with Gasteiger partial charge in [0, 0.05) is 18.8 Å². The molecule has 30 heavy (non-hydrogen) atoms. The predicted molar refractivity (Wildman–Crippen MR) is 116 cm³/mol. The molecule has 0 fully saturated rings. The number of ether oxygens (including phenoxy) is 2. The molecule has 0 aliphatic rings. The summed E-state index contributed by atoms with van der Waals surface area (Å²) in [6.45, 7) is 6.64. The fourth-order valence-electron chi connectivity index (χ4n) is 3.24. The van der Waals surface area contributed by atoms with Crippen molar-refractivity contribution in [1.29, 1.82) is 0 Å². The Morgan fingerprint density at radius 2 is 1.83 bits per heavy atom. The summed E-state index contributed by atoms with van der Waals surface area (Å²) >= 11 is 6.34. The summed E-state index contributed by atoms with van der Waals surface area (Å²) in [4.78, 5) is 19.4. The topological polar surface area (TPSA) is 69.5 Å². The van der Waals surface area contributed by atoms with Crippen LogP contribution in [0.1, 0.15) is 34.4 Å². The zero-order valence-electron chi connectivity index (χ0n) is 17.8. The number of benzene rings is 1. The van der Waals surface area contributed by atoms with E-state index in [0.29, 0.717) is 35.4 Å². The van der Waals surface area contributed by atoms with Crippen molar-refractivity contribution in [3.05, 3.63) is 64.1 Å². The third kappa shape index (κ3) is 4.41. The number of carbonyl (C=O) groups excluding carboxylic acids is 1. The van der Waals surface area contributed by atoms with E-state index in [1.54, 1.807) is 35.9 Å². The van der Waals surface area contributed by atoms with Gasteiger partial charge in [-0.3, -0.25) is 4.79 Å². The molecule has 0 radical (unpaired) electrons. The molecule has 2 heterocycles. The molecular weight excluding hydrogens is 404 g/mol. The molecule has 0 aliphatic carbocycles. The van der Waals surface area contributed by atoms with Crippen molar-refractivity contribution in [1.82, 2.24) is 19.7 Å². The molecule has 0 spiro atoms. The Bertz CT molecular complexity index is 1060. The van der Waals surface area contributed by atoms with E-state index in [0.717, 1.165) is 17.0 Å². The van der Waals surface area contributed by atoms with Crippen LogP contribution >= 0.6 is 11.6 Å². The number of amides is 1. The van der Waals surface area contributed by atoms with Crippen molar-refractivity contribution in [2.24, 2.45) is 0 Å². The van der Waals surface area contributed by atoms with E-state index in [4.69, 9.17) is 21.1 Å². The van der Waals surface area contributed by atoms with E-state index >= 15 is 0 Å². The van der Waals surface area contributed by atoms with Crippen LogP contribution in [0.2, 0.25) is 5.02 Å².